The molecule has 0 aliphatic rings. The van der Waals surface area contributed by atoms with Gasteiger partial charge in [0, 0.05) is 5.56 Å². The third kappa shape index (κ3) is 2.56. The molecular formula is C16H15BrO3. The number of ether oxygens (including phenoxy) is 2. The first-order valence-corrected chi connectivity index (χ1v) is 6.90. The Morgan fingerprint density at radius 3 is 2.30 bits per heavy atom. The van der Waals surface area contributed by atoms with E-state index in [1.165, 1.54) is 7.11 Å². The standard InChI is InChI=1S/C16H15BrO3/c1-10-6-4-5-7-11(10)15(18)12-8-9-13(19-2)14(17)16(12)20-3/h4-9H,1-3H3. The van der Waals surface area contributed by atoms with E-state index >= 15 is 0 Å². The van der Waals surface area contributed by atoms with Crippen molar-refractivity contribution in [1.82, 2.24) is 0 Å². The minimum atomic E-state index is -0.0664. The SMILES string of the molecule is COc1ccc(C(=O)c2ccccc2C)c(OC)c1Br. The highest BCUT2D eigenvalue weighted by atomic mass is 79.9. The first-order valence-electron chi connectivity index (χ1n) is 6.11. The largest absolute Gasteiger partial charge is 0.495 e. The van der Waals surface area contributed by atoms with Crippen LogP contribution in [0.3, 0.4) is 0 Å². The summed E-state index contributed by atoms with van der Waals surface area (Å²) in [4.78, 5) is 12.7. The Hall–Kier alpha value is -1.81. The predicted molar refractivity (Wildman–Crippen MR) is 81.9 cm³/mol. The highest BCUT2D eigenvalue weighted by Crippen LogP contribution is 2.38. The highest BCUT2D eigenvalue weighted by Gasteiger charge is 2.20. The summed E-state index contributed by atoms with van der Waals surface area (Å²) in [7, 11) is 3.11. The topological polar surface area (TPSA) is 35.5 Å². The average molecular weight is 335 g/mol. The Morgan fingerprint density at radius 1 is 1.00 bits per heavy atom. The molecule has 0 aliphatic heterocycles. The summed E-state index contributed by atoms with van der Waals surface area (Å²) in [5.41, 5.74) is 2.11. The maximum Gasteiger partial charge on any atom is 0.197 e. The van der Waals surface area contributed by atoms with Crippen molar-refractivity contribution >= 4 is 21.7 Å². The van der Waals surface area contributed by atoms with Gasteiger partial charge in [-0.3, -0.25) is 4.79 Å². The molecule has 2 rings (SSSR count). The van der Waals surface area contributed by atoms with Crippen molar-refractivity contribution in [3.05, 3.63) is 57.6 Å². The van der Waals surface area contributed by atoms with Crippen molar-refractivity contribution in [2.75, 3.05) is 14.2 Å². The second-order valence-electron chi connectivity index (χ2n) is 4.31. The number of hydrogen-bond donors (Lipinski definition) is 0. The number of hydrogen-bond acceptors (Lipinski definition) is 3. The first kappa shape index (κ1) is 14.6. The summed E-state index contributed by atoms with van der Waals surface area (Å²) in [6, 6.07) is 11.0. The van der Waals surface area contributed by atoms with Crippen molar-refractivity contribution in [2.45, 2.75) is 6.92 Å². The van der Waals surface area contributed by atoms with Gasteiger partial charge in [-0.15, -0.1) is 0 Å². The van der Waals surface area contributed by atoms with Gasteiger partial charge in [0.1, 0.15) is 16.0 Å². The quantitative estimate of drug-likeness (QED) is 0.792. The molecular weight excluding hydrogens is 320 g/mol. The van der Waals surface area contributed by atoms with Gasteiger partial charge in [-0.2, -0.15) is 0 Å². The molecule has 2 aromatic rings. The van der Waals surface area contributed by atoms with E-state index in [-0.39, 0.29) is 5.78 Å². The number of benzene rings is 2. The maximum absolute atomic E-state index is 12.7. The molecule has 0 saturated carbocycles. The van der Waals surface area contributed by atoms with E-state index in [1.54, 1.807) is 19.2 Å². The molecule has 0 atom stereocenters. The van der Waals surface area contributed by atoms with E-state index in [9.17, 15) is 4.79 Å². The van der Waals surface area contributed by atoms with Gasteiger partial charge in [0.25, 0.3) is 0 Å². The fourth-order valence-corrected chi connectivity index (χ4v) is 2.72. The molecule has 0 amide bonds. The summed E-state index contributed by atoms with van der Waals surface area (Å²) < 4.78 is 11.2. The Morgan fingerprint density at radius 2 is 1.70 bits per heavy atom. The van der Waals surface area contributed by atoms with Crippen LogP contribution in [0.2, 0.25) is 0 Å². The van der Waals surface area contributed by atoms with Crippen LogP contribution in [0.25, 0.3) is 0 Å². The molecule has 0 heterocycles. The maximum atomic E-state index is 12.7. The second-order valence-corrected chi connectivity index (χ2v) is 5.10. The molecule has 0 N–H and O–H groups in total. The molecule has 0 fully saturated rings. The van der Waals surface area contributed by atoms with Crippen LogP contribution in [-0.4, -0.2) is 20.0 Å². The molecule has 0 aliphatic carbocycles. The van der Waals surface area contributed by atoms with Crippen LogP contribution in [0.1, 0.15) is 21.5 Å². The van der Waals surface area contributed by atoms with Crippen molar-refractivity contribution in [2.24, 2.45) is 0 Å². The minimum absolute atomic E-state index is 0.0664. The number of methoxy groups -OCH3 is 2. The monoisotopic (exact) mass is 334 g/mol. The van der Waals surface area contributed by atoms with E-state index in [0.717, 1.165) is 5.56 Å². The lowest BCUT2D eigenvalue weighted by molar-refractivity contribution is 0.103. The summed E-state index contributed by atoms with van der Waals surface area (Å²) in [6.07, 6.45) is 0. The van der Waals surface area contributed by atoms with Gasteiger partial charge in [-0.05, 0) is 40.5 Å². The first-order chi connectivity index (χ1) is 9.60. The molecule has 0 spiro atoms. The molecule has 0 bridgehead atoms. The Balaban J connectivity index is 2.56. The van der Waals surface area contributed by atoms with Crippen LogP contribution in [0.15, 0.2) is 40.9 Å². The van der Waals surface area contributed by atoms with Gasteiger partial charge in [0.05, 0.1) is 19.8 Å². The van der Waals surface area contributed by atoms with Gasteiger partial charge >= 0.3 is 0 Å². The minimum Gasteiger partial charge on any atom is -0.495 e. The fourth-order valence-electron chi connectivity index (χ4n) is 2.05. The van der Waals surface area contributed by atoms with Crippen molar-refractivity contribution in [3.63, 3.8) is 0 Å². The molecule has 2 aromatic carbocycles. The van der Waals surface area contributed by atoms with Gasteiger partial charge in [0.2, 0.25) is 0 Å². The van der Waals surface area contributed by atoms with Gasteiger partial charge in [0.15, 0.2) is 5.78 Å². The lowest BCUT2D eigenvalue weighted by Gasteiger charge is -2.13. The number of carbonyl (C=O) groups excluding carboxylic acids is 1. The van der Waals surface area contributed by atoms with Crippen molar-refractivity contribution in [3.8, 4) is 11.5 Å². The Bertz CT molecular complexity index is 650. The second kappa shape index (κ2) is 6.09. The third-order valence-corrected chi connectivity index (χ3v) is 3.87. The third-order valence-electron chi connectivity index (χ3n) is 3.12. The molecule has 20 heavy (non-hydrogen) atoms. The van der Waals surface area contributed by atoms with Crippen LogP contribution < -0.4 is 9.47 Å². The van der Waals surface area contributed by atoms with E-state index in [0.29, 0.717) is 27.1 Å². The van der Waals surface area contributed by atoms with E-state index < -0.39 is 0 Å². The molecule has 4 heteroatoms. The summed E-state index contributed by atoms with van der Waals surface area (Å²) in [6.45, 7) is 1.91. The van der Waals surface area contributed by atoms with Crippen LogP contribution in [-0.2, 0) is 0 Å². The molecule has 0 unspecified atom stereocenters. The van der Waals surface area contributed by atoms with E-state index in [2.05, 4.69) is 15.9 Å². The van der Waals surface area contributed by atoms with Crippen LogP contribution in [0, 0.1) is 6.92 Å². The predicted octanol–water partition coefficient (Wildman–Crippen LogP) is 4.01. The Kier molecular flexibility index (Phi) is 4.45. The molecule has 0 saturated heterocycles. The number of halogens is 1. The smallest absolute Gasteiger partial charge is 0.197 e. The summed E-state index contributed by atoms with van der Waals surface area (Å²) in [5, 5.41) is 0. The molecule has 3 nitrogen and oxygen atoms in total. The van der Waals surface area contributed by atoms with Crippen LogP contribution in [0.4, 0.5) is 0 Å². The van der Waals surface area contributed by atoms with Crippen LogP contribution >= 0.6 is 15.9 Å². The lowest BCUT2D eigenvalue weighted by Crippen LogP contribution is -2.06. The lowest BCUT2D eigenvalue weighted by atomic mass is 9.98. The van der Waals surface area contributed by atoms with Crippen molar-refractivity contribution < 1.29 is 14.3 Å². The zero-order valence-electron chi connectivity index (χ0n) is 11.6. The average Bonchev–Trinajstić information content (AvgIpc) is 2.46. The number of carbonyl (C=O) groups is 1. The fraction of sp³-hybridized carbons (Fsp3) is 0.188. The van der Waals surface area contributed by atoms with E-state index in [4.69, 9.17) is 9.47 Å². The molecule has 0 radical (unpaired) electrons. The van der Waals surface area contributed by atoms with E-state index in [1.807, 2.05) is 31.2 Å². The highest BCUT2D eigenvalue weighted by molar-refractivity contribution is 9.10. The summed E-state index contributed by atoms with van der Waals surface area (Å²) >= 11 is 3.41. The molecule has 0 aromatic heterocycles. The molecule has 104 valence electrons. The van der Waals surface area contributed by atoms with Gasteiger partial charge in [-0.25, -0.2) is 0 Å². The zero-order valence-corrected chi connectivity index (χ0v) is 13.2. The van der Waals surface area contributed by atoms with Crippen LogP contribution in [0.5, 0.6) is 11.5 Å². The number of rotatable bonds is 4. The van der Waals surface area contributed by atoms with Crippen molar-refractivity contribution in [1.29, 1.82) is 0 Å². The van der Waals surface area contributed by atoms with Gasteiger partial charge in [-0.1, -0.05) is 24.3 Å². The van der Waals surface area contributed by atoms with Gasteiger partial charge < -0.3 is 9.47 Å². The zero-order chi connectivity index (χ0) is 14.7. The normalized spacial score (nSPS) is 10.2. The number of aryl methyl sites for hydroxylation is 1. The number of ketones is 1. The summed E-state index contributed by atoms with van der Waals surface area (Å²) in [5.74, 6) is 1.05. The Labute approximate surface area is 126 Å².